The van der Waals surface area contributed by atoms with Gasteiger partial charge in [-0.3, -0.25) is 4.90 Å². The molecule has 0 bridgehead atoms. The van der Waals surface area contributed by atoms with Gasteiger partial charge in [-0.05, 0) is 39.0 Å². The van der Waals surface area contributed by atoms with Crippen LogP contribution < -0.4 is 4.74 Å². The standard InChI is InChI=1S/C16H19ClFNO5/c1-16(2,3)24-15(22)19-8-10(7-12(19)14(20)21)23-13-5-4-9(17)6-11(13)18/h4-6,10,12H,7-8H2,1-3H3,(H,20,21)/t10-,12+/m1/s1. The van der Waals surface area contributed by atoms with Gasteiger partial charge in [0.1, 0.15) is 17.7 Å². The number of nitrogens with zero attached hydrogens (tertiary/aromatic N) is 1. The normalized spacial score (nSPS) is 20.8. The molecule has 132 valence electrons. The van der Waals surface area contributed by atoms with E-state index < -0.39 is 35.6 Å². The minimum absolute atomic E-state index is 0.00601. The molecular weight excluding hydrogens is 341 g/mol. The number of halogens is 2. The van der Waals surface area contributed by atoms with Crippen molar-refractivity contribution < 1.29 is 28.6 Å². The number of rotatable bonds is 3. The van der Waals surface area contributed by atoms with E-state index in [9.17, 15) is 19.1 Å². The Morgan fingerprint density at radius 2 is 2.04 bits per heavy atom. The lowest BCUT2D eigenvalue weighted by Gasteiger charge is -2.26. The Morgan fingerprint density at radius 1 is 1.38 bits per heavy atom. The van der Waals surface area contributed by atoms with Crippen molar-refractivity contribution in [3.05, 3.63) is 29.0 Å². The van der Waals surface area contributed by atoms with Crippen LogP contribution in [0.15, 0.2) is 18.2 Å². The lowest BCUT2D eigenvalue weighted by atomic mass is 10.2. The average Bonchev–Trinajstić information content (AvgIpc) is 2.84. The lowest BCUT2D eigenvalue weighted by molar-refractivity contribution is -0.142. The molecule has 0 aliphatic carbocycles. The monoisotopic (exact) mass is 359 g/mol. The van der Waals surface area contributed by atoms with Gasteiger partial charge in [0.25, 0.3) is 0 Å². The summed E-state index contributed by atoms with van der Waals surface area (Å²) in [7, 11) is 0. The highest BCUT2D eigenvalue weighted by Gasteiger charge is 2.42. The average molecular weight is 360 g/mol. The molecule has 1 amide bonds. The zero-order valence-electron chi connectivity index (χ0n) is 13.6. The van der Waals surface area contributed by atoms with Gasteiger partial charge in [0, 0.05) is 11.4 Å². The van der Waals surface area contributed by atoms with Crippen molar-refractivity contribution in [2.45, 2.75) is 44.9 Å². The minimum atomic E-state index is -1.16. The fraction of sp³-hybridized carbons (Fsp3) is 0.500. The number of carbonyl (C=O) groups is 2. The first-order valence-electron chi connectivity index (χ1n) is 7.41. The van der Waals surface area contributed by atoms with Crippen LogP contribution in [0.2, 0.25) is 5.02 Å². The van der Waals surface area contributed by atoms with Gasteiger partial charge in [-0.25, -0.2) is 14.0 Å². The third kappa shape index (κ3) is 4.50. The molecule has 0 unspecified atom stereocenters. The molecule has 6 nitrogen and oxygen atoms in total. The fourth-order valence-corrected chi connectivity index (χ4v) is 2.55. The number of amides is 1. The van der Waals surface area contributed by atoms with Crippen molar-refractivity contribution in [3.63, 3.8) is 0 Å². The fourth-order valence-electron chi connectivity index (χ4n) is 2.39. The Hall–Kier alpha value is -2.02. The summed E-state index contributed by atoms with van der Waals surface area (Å²) in [4.78, 5) is 24.7. The Bertz CT molecular complexity index is 646. The number of carboxylic acids is 1. The van der Waals surface area contributed by atoms with Gasteiger partial charge >= 0.3 is 12.1 Å². The van der Waals surface area contributed by atoms with E-state index >= 15 is 0 Å². The molecule has 2 rings (SSSR count). The van der Waals surface area contributed by atoms with Crippen LogP contribution in [0.25, 0.3) is 0 Å². The molecular formula is C16H19ClFNO5. The Balaban J connectivity index is 2.11. The lowest BCUT2D eigenvalue weighted by Crippen LogP contribution is -2.43. The second kappa shape index (κ2) is 6.84. The van der Waals surface area contributed by atoms with Crippen LogP contribution in [-0.2, 0) is 9.53 Å². The highest BCUT2D eigenvalue weighted by Crippen LogP contribution is 2.28. The van der Waals surface area contributed by atoms with Crippen molar-refractivity contribution in [2.75, 3.05) is 6.54 Å². The summed E-state index contributed by atoms with van der Waals surface area (Å²) in [5.74, 6) is -1.85. The van der Waals surface area contributed by atoms with Crippen LogP contribution in [0.5, 0.6) is 5.75 Å². The minimum Gasteiger partial charge on any atom is -0.485 e. The Morgan fingerprint density at radius 3 is 2.58 bits per heavy atom. The highest BCUT2D eigenvalue weighted by atomic mass is 35.5. The van der Waals surface area contributed by atoms with Gasteiger partial charge < -0.3 is 14.6 Å². The number of aliphatic carboxylic acids is 1. The Labute approximate surface area is 144 Å². The molecule has 1 heterocycles. The third-order valence-electron chi connectivity index (χ3n) is 3.36. The van der Waals surface area contributed by atoms with Crippen molar-refractivity contribution in [3.8, 4) is 5.75 Å². The molecule has 8 heteroatoms. The van der Waals surface area contributed by atoms with E-state index in [1.54, 1.807) is 20.8 Å². The summed E-state index contributed by atoms with van der Waals surface area (Å²) in [5.41, 5.74) is -0.749. The first-order chi connectivity index (χ1) is 11.1. The van der Waals surface area contributed by atoms with Gasteiger partial charge in [-0.15, -0.1) is 0 Å². The number of carboxylic acid groups (broad SMARTS) is 1. The molecule has 1 aliphatic heterocycles. The second-order valence-corrected chi connectivity index (χ2v) is 6.97. The van der Waals surface area contributed by atoms with Crippen LogP contribution in [0.1, 0.15) is 27.2 Å². The van der Waals surface area contributed by atoms with Gasteiger partial charge in [0.15, 0.2) is 11.6 Å². The molecule has 1 saturated heterocycles. The maximum atomic E-state index is 13.8. The molecule has 1 aromatic rings. The molecule has 0 aromatic heterocycles. The zero-order valence-corrected chi connectivity index (χ0v) is 14.3. The maximum Gasteiger partial charge on any atom is 0.411 e. The van der Waals surface area contributed by atoms with Crippen LogP contribution >= 0.6 is 11.6 Å². The van der Waals surface area contributed by atoms with Gasteiger partial charge in [-0.2, -0.15) is 0 Å². The number of carbonyl (C=O) groups excluding carboxylic acids is 1. The first-order valence-corrected chi connectivity index (χ1v) is 7.79. The van der Waals surface area contributed by atoms with Crippen LogP contribution in [0.3, 0.4) is 0 Å². The van der Waals surface area contributed by atoms with Gasteiger partial charge in [0.05, 0.1) is 6.54 Å². The molecule has 0 spiro atoms. The summed E-state index contributed by atoms with van der Waals surface area (Å²) < 4.78 is 24.5. The van der Waals surface area contributed by atoms with E-state index in [1.807, 2.05) is 0 Å². The largest absolute Gasteiger partial charge is 0.485 e. The van der Waals surface area contributed by atoms with Gasteiger partial charge in [0.2, 0.25) is 0 Å². The van der Waals surface area contributed by atoms with Crippen LogP contribution in [0, 0.1) is 5.82 Å². The molecule has 1 fully saturated rings. The van der Waals surface area contributed by atoms with Gasteiger partial charge in [-0.1, -0.05) is 11.6 Å². The smallest absolute Gasteiger partial charge is 0.411 e. The van der Waals surface area contributed by atoms with E-state index in [4.69, 9.17) is 21.1 Å². The first kappa shape index (κ1) is 18.3. The number of hydrogen-bond acceptors (Lipinski definition) is 4. The van der Waals surface area contributed by atoms with E-state index in [0.717, 1.165) is 11.0 Å². The van der Waals surface area contributed by atoms with E-state index in [2.05, 4.69) is 0 Å². The molecule has 0 radical (unpaired) electrons. The molecule has 1 N–H and O–H groups in total. The maximum absolute atomic E-state index is 13.8. The Kier molecular flexibility index (Phi) is 5.22. The number of hydrogen-bond donors (Lipinski definition) is 1. The summed E-state index contributed by atoms with van der Waals surface area (Å²) in [6, 6.07) is 2.85. The van der Waals surface area contributed by atoms with Crippen molar-refractivity contribution >= 4 is 23.7 Å². The predicted octanol–water partition coefficient (Wildman–Crippen LogP) is 3.32. The molecule has 2 atom stereocenters. The molecule has 1 aliphatic rings. The predicted molar refractivity (Wildman–Crippen MR) is 84.8 cm³/mol. The zero-order chi connectivity index (χ0) is 18.1. The SMILES string of the molecule is CC(C)(C)OC(=O)N1C[C@H](Oc2ccc(Cl)cc2F)C[C@H]1C(=O)O. The summed E-state index contributed by atoms with van der Waals surface area (Å²) >= 11 is 5.68. The number of likely N-dealkylation sites (tertiary alicyclic amines) is 1. The third-order valence-corrected chi connectivity index (χ3v) is 3.60. The highest BCUT2D eigenvalue weighted by molar-refractivity contribution is 6.30. The topological polar surface area (TPSA) is 76.1 Å². The molecule has 1 aromatic carbocycles. The molecule has 0 saturated carbocycles. The summed E-state index contributed by atoms with van der Waals surface area (Å²) in [6.45, 7) is 5.06. The quantitative estimate of drug-likeness (QED) is 0.895. The van der Waals surface area contributed by atoms with E-state index in [0.29, 0.717) is 0 Å². The second-order valence-electron chi connectivity index (χ2n) is 6.54. The molecule has 24 heavy (non-hydrogen) atoms. The van der Waals surface area contributed by atoms with Crippen LogP contribution in [-0.4, -0.2) is 46.4 Å². The van der Waals surface area contributed by atoms with Crippen molar-refractivity contribution in [1.29, 1.82) is 0 Å². The number of benzene rings is 1. The van der Waals surface area contributed by atoms with Crippen molar-refractivity contribution in [1.82, 2.24) is 4.90 Å². The van der Waals surface area contributed by atoms with Crippen molar-refractivity contribution in [2.24, 2.45) is 0 Å². The summed E-state index contributed by atoms with van der Waals surface area (Å²) in [6.07, 6.45) is -1.36. The number of ether oxygens (including phenoxy) is 2. The summed E-state index contributed by atoms with van der Waals surface area (Å²) in [5, 5.41) is 9.54. The van der Waals surface area contributed by atoms with Crippen LogP contribution in [0.4, 0.5) is 9.18 Å². The van der Waals surface area contributed by atoms with E-state index in [1.165, 1.54) is 12.1 Å². The van der Waals surface area contributed by atoms with E-state index in [-0.39, 0.29) is 23.7 Å².